The van der Waals surface area contributed by atoms with Gasteiger partial charge in [-0.1, -0.05) is 0 Å². The van der Waals surface area contributed by atoms with Gasteiger partial charge in [0.15, 0.2) is 17.3 Å². The van der Waals surface area contributed by atoms with Crippen LogP contribution in [0.2, 0.25) is 0 Å². The van der Waals surface area contributed by atoms with Crippen LogP contribution in [0.1, 0.15) is 6.92 Å². The van der Waals surface area contributed by atoms with Crippen molar-refractivity contribution in [3.63, 3.8) is 0 Å². The van der Waals surface area contributed by atoms with Crippen LogP contribution in [0.25, 0.3) is 5.95 Å². The molecule has 146 valence electrons. The van der Waals surface area contributed by atoms with E-state index in [1.807, 2.05) is 6.07 Å². The quantitative estimate of drug-likeness (QED) is 0.666. The van der Waals surface area contributed by atoms with Crippen LogP contribution in [-0.2, 0) is 10.0 Å². The maximum absolute atomic E-state index is 12.1. The molecule has 3 aromatic rings. The lowest BCUT2D eigenvalue weighted by Gasteiger charge is -2.22. The zero-order valence-electron chi connectivity index (χ0n) is 15.2. The number of fused-ring (bicyclic) bond motifs is 1. The number of nitrogens with zero attached hydrogens (tertiary/aromatic N) is 5. The second-order valence-electron chi connectivity index (χ2n) is 5.98. The fraction of sp³-hybridized carbons (Fsp3) is 0.235. The topological polar surface area (TPSA) is 111 Å². The van der Waals surface area contributed by atoms with Crippen molar-refractivity contribution < 1.29 is 17.9 Å². The lowest BCUT2D eigenvalue weighted by molar-refractivity contribution is 0.174. The predicted octanol–water partition coefficient (Wildman–Crippen LogP) is 1.92. The lowest BCUT2D eigenvalue weighted by atomic mass is 10.2. The summed E-state index contributed by atoms with van der Waals surface area (Å²) in [6.07, 6.45) is 6.32. The number of aromatic nitrogens is 4. The molecular weight excluding hydrogens is 384 g/mol. The zero-order valence-corrected chi connectivity index (χ0v) is 16.0. The summed E-state index contributed by atoms with van der Waals surface area (Å²) in [5, 5.41) is 0. The Morgan fingerprint density at radius 1 is 1.29 bits per heavy atom. The molecule has 2 aromatic heterocycles. The number of benzene rings is 1. The van der Waals surface area contributed by atoms with Crippen molar-refractivity contribution in [3.8, 4) is 17.4 Å². The van der Waals surface area contributed by atoms with Gasteiger partial charge in [0.25, 0.3) is 0 Å². The molecule has 10 nitrogen and oxygen atoms in total. The van der Waals surface area contributed by atoms with Crippen molar-refractivity contribution in [1.82, 2.24) is 19.5 Å². The van der Waals surface area contributed by atoms with Crippen LogP contribution in [-0.4, -0.2) is 47.5 Å². The molecular formula is C17H18N6O4S. The second kappa shape index (κ2) is 7.00. The third-order valence-corrected chi connectivity index (χ3v) is 5.49. The molecule has 28 heavy (non-hydrogen) atoms. The third-order valence-electron chi connectivity index (χ3n) is 4.20. The molecule has 0 radical (unpaired) electrons. The normalized spacial score (nSPS) is 12.8. The van der Waals surface area contributed by atoms with E-state index in [0.29, 0.717) is 23.3 Å². The van der Waals surface area contributed by atoms with E-state index < -0.39 is 10.0 Å². The summed E-state index contributed by atoms with van der Waals surface area (Å²) in [7, 11) is -1.73. The molecule has 1 aliphatic heterocycles. The smallest absolute Gasteiger partial charge is 0.236 e. The summed E-state index contributed by atoms with van der Waals surface area (Å²) in [6.45, 7) is 1.73. The molecule has 0 saturated heterocycles. The zero-order chi connectivity index (χ0) is 19.7. The van der Waals surface area contributed by atoms with E-state index in [0.717, 1.165) is 5.69 Å². The summed E-state index contributed by atoms with van der Waals surface area (Å²) in [4.78, 5) is 14.5. The Morgan fingerprint density at radius 2 is 2.11 bits per heavy atom. The van der Waals surface area contributed by atoms with Gasteiger partial charge in [0.2, 0.25) is 22.8 Å². The Hall–Kier alpha value is -3.34. The fourth-order valence-corrected chi connectivity index (χ4v) is 3.27. The highest BCUT2D eigenvalue weighted by Gasteiger charge is 2.20. The van der Waals surface area contributed by atoms with Crippen LogP contribution in [0.15, 0.2) is 43.1 Å². The van der Waals surface area contributed by atoms with E-state index in [9.17, 15) is 8.42 Å². The maximum atomic E-state index is 12.1. The monoisotopic (exact) mass is 402 g/mol. The van der Waals surface area contributed by atoms with Crippen LogP contribution < -0.4 is 19.1 Å². The van der Waals surface area contributed by atoms with Crippen LogP contribution in [0.4, 0.5) is 17.2 Å². The molecule has 3 heterocycles. The van der Waals surface area contributed by atoms with Gasteiger partial charge in [-0.3, -0.25) is 9.29 Å². The number of anilines is 3. The molecule has 0 saturated carbocycles. The first-order valence-corrected chi connectivity index (χ1v) is 10.1. The van der Waals surface area contributed by atoms with Crippen molar-refractivity contribution in [3.05, 3.63) is 43.1 Å². The molecule has 0 bridgehead atoms. The summed E-state index contributed by atoms with van der Waals surface area (Å²) < 4.78 is 39.2. The van der Waals surface area contributed by atoms with Gasteiger partial charge < -0.3 is 14.4 Å². The number of ether oxygens (including phenoxy) is 2. The van der Waals surface area contributed by atoms with Gasteiger partial charge in [0.05, 0.1) is 11.9 Å². The molecule has 4 rings (SSSR count). The summed E-state index contributed by atoms with van der Waals surface area (Å²) in [6, 6.07) is 5.44. The maximum Gasteiger partial charge on any atom is 0.236 e. The largest absolute Gasteiger partial charge is 0.454 e. The van der Waals surface area contributed by atoms with Crippen LogP contribution in [0, 0.1) is 0 Å². The van der Waals surface area contributed by atoms with Crippen molar-refractivity contribution in [2.24, 2.45) is 0 Å². The first kappa shape index (κ1) is 18.0. The highest BCUT2D eigenvalue weighted by Crippen LogP contribution is 2.38. The average Bonchev–Trinajstić information content (AvgIpc) is 3.38. The number of nitrogens with one attached hydrogen (secondary N) is 1. The van der Waals surface area contributed by atoms with Crippen molar-refractivity contribution >= 4 is 27.2 Å². The Labute approximate surface area is 161 Å². The van der Waals surface area contributed by atoms with Gasteiger partial charge in [-0.15, -0.1) is 0 Å². The average molecular weight is 402 g/mol. The predicted molar refractivity (Wildman–Crippen MR) is 103 cm³/mol. The molecule has 0 fully saturated rings. The standard InChI is InChI=1S/C17H18N6O4S/c1-3-28(24,25)21-13-9-19-17(23-7-6-18-10-23)20-16(13)22(2)12-4-5-14-15(8-12)27-11-26-14/h4-10,21H,3,11H2,1-2H3. The van der Waals surface area contributed by atoms with E-state index in [4.69, 9.17) is 9.47 Å². The molecule has 0 aliphatic carbocycles. The molecule has 0 unspecified atom stereocenters. The second-order valence-corrected chi connectivity index (χ2v) is 7.99. The molecule has 0 amide bonds. The van der Waals surface area contributed by atoms with Crippen LogP contribution in [0.5, 0.6) is 11.5 Å². The van der Waals surface area contributed by atoms with Gasteiger partial charge in [0, 0.05) is 31.2 Å². The number of imidazole rings is 1. The SMILES string of the molecule is CCS(=O)(=O)Nc1cnc(-n2ccnc2)nc1N(C)c1ccc2c(c1)OCO2. The van der Waals surface area contributed by atoms with Crippen molar-refractivity contribution in [2.45, 2.75) is 6.92 Å². The minimum absolute atomic E-state index is 0.0660. The summed E-state index contributed by atoms with van der Waals surface area (Å²) >= 11 is 0. The number of sulfonamides is 1. The molecule has 1 N–H and O–H groups in total. The molecule has 1 aliphatic rings. The minimum Gasteiger partial charge on any atom is -0.454 e. The van der Waals surface area contributed by atoms with Gasteiger partial charge in [-0.2, -0.15) is 4.98 Å². The molecule has 0 atom stereocenters. The van der Waals surface area contributed by atoms with Crippen molar-refractivity contribution in [2.75, 3.05) is 29.2 Å². The summed E-state index contributed by atoms with van der Waals surface area (Å²) in [5.74, 6) is 1.95. The van der Waals surface area contributed by atoms with E-state index in [-0.39, 0.29) is 18.2 Å². The first-order valence-electron chi connectivity index (χ1n) is 8.46. The highest BCUT2D eigenvalue weighted by molar-refractivity contribution is 7.92. The van der Waals surface area contributed by atoms with E-state index >= 15 is 0 Å². The van der Waals surface area contributed by atoms with E-state index in [1.54, 1.807) is 54.3 Å². The molecule has 1 aromatic carbocycles. The molecule has 0 spiro atoms. The highest BCUT2D eigenvalue weighted by atomic mass is 32.2. The van der Waals surface area contributed by atoms with E-state index in [1.165, 1.54) is 6.20 Å². The van der Waals surface area contributed by atoms with Gasteiger partial charge in [-0.25, -0.2) is 18.4 Å². The molecule has 11 heteroatoms. The minimum atomic E-state index is -3.51. The number of rotatable bonds is 6. The number of hydrogen-bond acceptors (Lipinski definition) is 8. The Balaban J connectivity index is 1.78. The summed E-state index contributed by atoms with van der Waals surface area (Å²) in [5.41, 5.74) is 1.02. The van der Waals surface area contributed by atoms with Crippen molar-refractivity contribution in [1.29, 1.82) is 0 Å². The lowest BCUT2D eigenvalue weighted by Crippen LogP contribution is -2.20. The Bertz CT molecular complexity index is 1100. The first-order chi connectivity index (χ1) is 13.5. The van der Waals surface area contributed by atoms with Gasteiger partial charge in [0.1, 0.15) is 12.0 Å². The van der Waals surface area contributed by atoms with E-state index in [2.05, 4.69) is 19.7 Å². The van der Waals surface area contributed by atoms with Crippen LogP contribution >= 0.6 is 0 Å². The Kier molecular flexibility index (Phi) is 4.51. The number of hydrogen-bond donors (Lipinski definition) is 1. The van der Waals surface area contributed by atoms with Gasteiger partial charge >= 0.3 is 0 Å². The third kappa shape index (κ3) is 3.43. The van der Waals surface area contributed by atoms with Gasteiger partial charge in [-0.05, 0) is 19.1 Å². The van der Waals surface area contributed by atoms with Crippen LogP contribution in [0.3, 0.4) is 0 Å². The Morgan fingerprint density at radius 3 is 2.86 bits per heavy atom. The fourth-order valence-electron chi connectivity index (χ4n) is 2.65.